The van der Waals surface area contributed by atoms with Crippen molar-refractivity contribution in [1.82, 2.24) is 9.97 Å². The van der Waals surface area contributed by atoms with Gasteiger partial charge in [0.05, 0.1) is 31.6 Å². The van der Waals surface area contributed by atoms with E-state index in [2.05, 4.69) is 16.9 Å². The summed E-state index contributed by atoms with van der Waals surface area (Å²) in [5.41, 5.74) is 7.76. The fourth-order valence-corrected chi connectivity index (χ4v) is 2.40. The van der Waals surface area contributed by atoms with E-state index in [-0.39, 0.29) is 0 Å². The SMILES string of the molecule is CCCC(C)(N)c1ncc(-c2ccc(OC)c(OC)c2)[nH]1. The second-order valence-corrected chi connectivity index (χ2v) is 5.38. The van der Waals surface area contributed by atoms with E-state index in [4.69, 9.17) is 15.2 Å². The van der Waals surface area contributed by atoms with Crippen LogP contribution in [0.3, 0.4) is 0 Å². The Bertz CT molecular complexity index is 605. The summed E-state index contributed by atoms with van der Waals surface area (Å²) in [4.78, 5) is 7.74. The summed E-state index contributed by atoms with van der Waals surface area (Å²) in [5, 5.41) is 0. The highest BCUT2D eigenvalue weighted by atomic mass is 16.5. The number of methoxy groups -OCH3 is 2. The third-order valence-electron chi connectivity index (χ3n) is 3.58. The molecule has 0 radical (unpaired) electrons. The van der Waals surface area contributed by atoms with Crippen molar-refractivity contribution >= 4 is 0 Å². The van der Waals surface area contributed by atoms with E-state index in [0.29, 0.717) is 11.5 Å². The Balaban J connectivity index is 2.33. The molecular weight excluding hydrogens is 266 g/mol. The maximum atomic E-state index is 6.30. The van der Waals surface area contributed by atoms with Crippen molar-refractivity contribution in [1.29, 1.82) is 0 Å². The van der Waals surface area contributed by atoms with E-state index < -0.39 is 5.54 Å². The van der Waals surface area contributed by atoms with Crippen molar-refractivity contribution in [3.8, 4) is 22.8 Å². The zero-order chi connectivity index (χ0) is 15.5. The molecule has 0 saturated heterocycles. The number of hydrogen-bond donors (Lipinski definition) is 2. The van der Waals surface area contributed by atoms with Gasteiger partial charge >= 0.3 is 0 Å². The van der Waals surface area contributed by atoms with Crippen molar-refractivity contribution in [2.24, 2.45) is 5.73 Å². The summed E-state index contributed by atoms with van der Waals surface area (Å²) in [6.07, 6.45) is 3.70. The number of ether oxygens (including phenoxy) is 2. The van der Waals surface area contributed by atoms with Crippen LogP contribution in [0.15, 0.2) is 24.4 Å². The maximum Gasteiger partial charge on any atom is 0.161 e. The van der Waals surface area contributed by atoms with E-state index in [1.165, 1.54) is 0 Å². The largest absolute Gasteiger partial charge is 0.493 e. The number of rotatable bonds is 6. The average molecular weight is 289 g/mol. The fraction of sp³-hybridized carbons (Fsp3) is 0.438. The average Bonchev–Trinajstić information content (AvgIpc) is 2.97. The molecule has 0 amide bonds. The zero-order valence-corrected chi connectivity index (χ0v) is 13.1. The van der Waals surface area contributed by atoms with E-state index in [1.807, 2.05) is 25.1 Å². The summed E-state index contributed by atoms with van der Waals surface area (Å²) in [7, 11) is 3.24. The monoisotopic (exact) mass is 289 g/mol. The second-order valence-electron chi connectivity index (χ2n) is 5.38. The topological polar surface area (TPSA) is 73.2 Å². The van der Waals surface area contributed by atoms with E-state index in [0.717, 1.165) is 29.9 Å². The molecular formula is C16H23N3O2. The van der Waals surface area contributed by atoms with Crippen LogP contribution >= 0.6 is 0 Å². The van der Waals surface area contributed by atoms with Crippen LogP contribution in [0.5, 0.6) is 11.5 Å². The van der Waals surface area contributed by atoms with Gasteiger partial charge in [0.2, 0.25) is 0 Å². The molecule has 1 unspecified atom stereocenters. The molecule has 21 heavy (non-hydrogen) atoms. The van der Waals surface area contributed by atoms with Gasteiger partial charge in [-0.05, 0) is 31.5 Å². The predicted octanol–water partition coefficient (Wildman–Crippen LogP) is 3.07. The van der Waals surface area contributed by atoms with Crippen LogP contribution in [-0.2, 0) is 5.54 Å². The Morgan fingerprint density at radius 2 is 1.95 bits per heavy atom. The van der Waals surface area contributed by atoms with Crippen LogP contribution in [0.1, 0.15) is 32.5 Å². The molecule has 1 atom stereocenters. The van der Waals surface area contributed by atoms with Gasteiger partial charge in [0.1, 0.15) is 5.82 Å². The van der Waals surface area contributed by atoms with Gasteiger partial charge in [-0.25, -0.2) is 4.98 Å². The minimum atomic E-state index is -0.441. The van der Waals surface area contributed by atoms with Crippen LogP contribution in [0, 0.1) is 0 Å². The predicted molar refractivity (Wildman–Crippen MR) is 83.6 cm³/mol. The first-order valence-corrected chi connectivity index (χ1v) is 7.08. The standard InChI is InChI=1S/C16H23N3O2/c1-5-8-16(2,17)15-18-10-12(19-15)11-6-7-13(20-3)14(9-11)21-4/h6-7,9-10H,5,8,17H2,1-4H3,(H,18,19). The molecule has 2 rings (SSSR count). The van der Waals surface area contributed by atoms with Gasteiger partial charge in [-0.2, -0.15) is 0 Å². The van der Waals surface area contributed by atoms with Gasteiger partial charge < -0.3 is 20.2 Å². The van der Waals surface area contributed by atoms with Crippen LogP contribution < -0.4 is 15.2 Å². The number of aromatic nitrogens is 2. The molecule has 0 aliphatic carbocycles. The normalized spacial score (nSPS) is 13.8. The first-order valence-electron chi connectivity index (χ1n) is 7.08. The molecule has 0 saturated carbocycles. The Hall–Kier alpha value is -2.01. The number of nitrogens with zero attached hydrogens (tertiary/aromatic N) is 1. The fourth-order valence-electron chi connectivity index (χ4n) is 2.40. The minimum Gasteiger partial charge on any atom is -0.493 e. The molecule has 0 spiro atoms. The number of imidazole rings is 1. The number of nitrogens with one attached hydrogen (secondary N) is 1. The summed E-state index contributed by atoms with van der Waals surface area (Å²) >= 11 is 0. The van der Waals surface area contributed by atoms with E-state index in [1.54, 1.807) is 20.4 Å². The molecule has 114 valence electrons. The van der Waals surface area contributed by atoms with Crippen molar-refractivity contribution in [3.63, 3.8) is 0 Å². The molecule has 0 aliphatic heterocycles. The maximum absolute atomic E-state index is 6.30. The number of nitrogens with two attached hydrogens (primary N) is 1. The Kier molecular flexibility index (Phi) is 4.53. The first kappa shape index (κ1) is 15.4. The Morgan fingerprint density at radius 3 is 2.57 bits per heavy atom. The lowest BCUT2D eigenvalue weighted by Gasteiger charge is -2.21. The molecule has 0 aliphatic rings. The molecule has 3 N–H and O–H groups in total. The summed E-state index contributed by atoms with van der Waals surface area (Å²) in [6, 6.07) is 5.76. The number of H-pyrrole nitrogens is 1. The third kappa shape index (κ3) is 3.19. The van der Waals surface area contributed by atoms with Crippen LogP contribution in [0.2, 0.25) is 0 Å². The molecule has 1 aromatic carbocycles. The van der Waals surface area contributed by atoms with Gasteiger partial charge in [0.15, 0.2) is 11.5 Å². The zero-order valence-electron chi connectivity index (χ0n) is 13.1. The smallest absolute Gasteiger partial charge is 0.161 e. The molecule has 0 bridgehead atoms. The lowest BCUT2D eigenvalue weighted by atomic mass is 9.97. The molecule has 5 nitrogen and oxygen atoms in total. The second kappa shape index (κ2) is 6.18. The van der Waals surface area contributed by atoms with Gasteiger partial charge in [0, 0.05) is 5.56 Å². The van der Waals surface area contributed by atoms with Gasteiger partial charge in [0.25, 0.3) is 0 Å². The van der Waals surface area contributed by atoms with Gasteiger partial charge in [-0.3, -0.25) is 0 Å². The van der Waals surface area contributed by atoms with Crippen LogP contribution in [0.4, 0.5) is 0 Å². The Morgan fingerprint density at radius 1 is 1.24 bits per heavy atom. The van der Waals surface area contributed by atoms with E-state index >= 15 is 0 Å². The molecule has 0 fully saturated rings. The highest BCUT2D eigenvalue weighted by Crippen LogP contribution is 2.32. The first-order chi connectivity index (χ1) is 10.0. The lowest BCUT2D eigenvalue weighted by molar-refractivity contribution is 0.355. The van der Waals surface area contributed by atoms with Crippen molar-refractivity contribution in [3.05, 3.63) is 30.2 Å². The van der Waals surface area contributed by atoms with Crippen molar-refractivity contribution in [2.75, 3.05) is 14.2 Å². The number of benzene rings is 1. The van der Waals surface area contributed by atoms with Crippen molar-refractivity contribution in [2.45, 2.75) is 32.2 Å². The lowest BCUT2D eigenvalue weighted by Crippen LogP contribution is -2.34. The molecule has 5 heteroatoms. The van der Waals surface area contributed by atoms with Gasteiger partial charge in [-0.15, -0.1) is 0 Å². The van der Waals surface area contributed by atoms with Crippen molar-refractivity contribution < 1.29 is 9.47 Å². The molecule has 1 aromatic heterocycles. The summed E-state index contributed by atoms with van der Waals surface area (Å²) in [5.74, 6) is 2.19. The van der Waals surface area contributed by atoms with Gasteiger partial charge in [-0.1, -0.05) is 13.3 Å². The molecule has 2 aromatic rings. The third-order valence-corrected chi connectivity index (χ3v) is 3.58. The molecule has 1 heterocycles. The van der Waals surface area contributed by atoms with Crippen LogP contribution in [-0.4, -0.2) is 24.2 Å². The highest BCUT2D eigenvalue weighted by Gasteiger charge is 2.23. The summed E-state index contributed by atoms with van der Waals surface area (Å²) in [6.45, 7) is 4.11. The minimum absolute atomic E-state index is 0.441. The number of hydrogen-bond acceptors (Lipinski definition) is 4. The Labute approximate surface area is 125 Å². The van der Waals surface area contributed by atoms with Crippen LogP contribution in [0.25, 0.3) is 11.3 Å². The number of aromatic amines is 1. The summed E-state index contributed by atoms with van der Waals surface area (Å²) < 4.78 is 10.6. The quantitative estimate of drug-likeness (QED) is 0.857. The highest BCUT2D eigenvalue weighted by molar-refractivity contribution is 5.63. The van der Waals surface area contributed by atoms with E-state index in [9.17, 15) is 0 Å².